The van der Waals surface area contributed by atoms with Crippen LogP contribution in [-0.2, 0) is 33.4 Å². The number of carbonyl (C=O) groups is 5. The van der Waals surface area contributed by atoms with Crippen LogP contribution in [0.3, 0.4) is 0 Å². The minimum absolute atomic E-state index is 0.00377. The topological polar surface area (TPSA) is 174 Å². The number of fused-ring (bicyclic) bond motifs is 1. The standard InChI is InChI=1S/C65H110N6O8/c1-7-9-11-13-15-17-19-21-23-25-27-32-36-40-60(73)77-50-56(51-78-61(74)41-37-33-28-26-24-22-20-18-16-14-12-10-8-2)79-62(75)48-53(3)38-34-30-29-31-35-39-55(5)65(76)71-47-44-57-63(67-52-68-64(57)71)69(6)58-49-70(46-43-54(58)4)59(72)42-45-66/h44,47,52-56,58H,7-43,46,48-51H2,1-6H3/t53?,54-,55?,58+/m1/s1. The molecule has 2 aromatic heterocycles. The van der Waals surface area contributed by atoms with Crippen LogP contribution in [0, 0.1) is 29.1 Å². The van der Waals surface area contributed by atoms with Crippen molar-refractivity contribution in [1.29, 1.82) is 5.26 Å². The minimum Gasteiger partial charge on any atom is -0.462 e. The number of hydrogen-bond acceptors (Lipinski definition) is 12. The number of unbranched alkanes of at least 4 members (excludes halogenated alkanes) is 28. The average Bonchev–Trinajstić information content (AvgIpc) is 4.08. The van der Waals surface area contributed by atoms with Crippen molar-refractivity contribution in [3.63, 3.8) is 0 Å². The van der Waals surface area contributed by atoms with Gasteiger partial charge >= 0.3 is 17.9 Å². The summed E-state index contributed by atoms with van der Waals surface area (Å²) >= 11 is 0. The van der Waals surface area contributed by atoms with Crippen molar-refractivity contribution in [1.82, 2.24) is 19.4 Å². The van der Waals surface area contributed by atoms with Crippen LogP contribution in [0.25, 0.3) is 11.0 Å². The van der Waals surface area contributed by atoms with Crippen molar-refractivity contribution in [3.8, 4) is 6.07 Å². The smallest absolute Gasteiger partial charge is 0.306 e. The summed E-state index contributed by atoms with van der Waals surface area (Å²) in [5.41, 5.74) is 0.570. The number of amides is 1. The first kappa shape index (κ1) is 68.7. The number of aromatic nitrogens is 3. The van der Waals surface area contributed by atoms with Crippen LogP contribution < -0.4 is 4.90 Å². The van der Waals surface area contributed by atoms with Gasteiger partial charge in [-0.1, -0.05) is 227 Å². The molecule has 2 aromatic rings. The summed E-state index contributed by atoms with van der Waals surface area (Å²) in [4.78, 5) is 78.1. The zero-order valence-corrected chi connectivity index (χ0v) is 50.8. The van der Waals surface area contributed by atoms with Gasteiger partial charge < -0.3 is 24.0 Å². The van der Waals surface area contributed by atoms with Crippen LogP contribution in [0.15, 0.2) is 18.6 Å². The molecule has 0 aliphatic carbocycles. The highest BCUT2D eigenvalue weighted by Crippen LogP contribution is 2.31. The van der Waals surface area contributed by atoms with Crippen molar-refractivity contribution in [2.24, 2.45) is 17.8 Å². The Kier molecular flexibility index (Phi) is 37.6. The number of nitrogens with zero attached hydrogens (tertiary/aromatic N) is 6. The lowest BCUT2D eigenvalue weighted by molar-refractivity contribution is -0.167. The third kappa shape index (κ3) is 29.7. The molecular formula is C65H110N6O8. The number of carbonyl (C=O) groups excluding carboxylic acids is 5. The maximum atomic E-state index is 13.7. The molecule has 0 aromatic carbocycles. The summed E-state index contributed by atoms with van der Waals surface area (Å²) in [5.74, 6) is -0.235. The molecule has 1 fully saturated rings. The van der Waals surface area contributed by atoms with E-state index >= 15 is 0 Å². The van der Waals surface area contributed by atoms with Gasteiger partial charge in [-0.05, 0) is 43.6 Å². The summed E-state index contributed by atoms with van der Waals surface area (Å²) in [6, 6.07) is 3.88. The number of ether oxygens (including phenoxy) is 3. The number of nitriles is 1. The van der Waals surface area contributed by atoms with Crippen LogP contribution in [-0.4, -0.2) is 94.7 Å². The first-order valence-corrected chi connectivity index (χ1v) is 32.1. The average molecular weight is 1100 g/mol. The number of likely N-dealkylation sites (N-methyl/N-ethyl adjacent to an activating group) is 1. The summed E-state index contributed by atoms with van der Waals surface area (Å²) < 4.78 is 18.7. The van der Waals surface area contributed by atoms with Gasteiger partial charge in [-0.2, -0.15) is 5.26 Å². The molecule has 3 heterocycles. The quantitative estimate of drug-likeness (QED) is 0.0349. The Hall–Kier alpha value is -4.54. The zero-order valence-electron chi connectivity index (χ0n) is 50.8. The van der Waals surface area contributed by atoms with E-state index in [0.717, 1.165) is 95.3 Å². The van der Waals surface area contributed by atoms with Crippen LogP contribution in [0.4, 0.5) is 5.82 Å². The monoisotopic (exact) mass is 1100 g/mol. The second kappa shape index (κ2) is 43.2. The van der Waals surface area contributed by atoms with Gasteiger partial charge in [0.25, 0.3) is 0 Å². The molecule has 0 bridgehead atoms. The third-order valence-corrected chi connectivity index (χ3v) is 16.4. The first-order valence-electron chi connectivity index (χ1n) is 32.1. The van der Waals surface area contributed by atoms with Gasteiger partial charge in [0.2, 0.25) is 11.8 Å². The van der Waals surface area contributed by atoms with E-state index in [4.69, 9.17) is 19.5 Å². The van der Waals surface area contributed by atoms with Crippen LogP contribution in [0.5, 0.6) is 0 Å². The molecule has 4 atom stereocenters. The Morgan fingerprint density at radius 3 is 1.62 bits per heavy atom. The lowest BCUT2D eigenvalue weighted by Crippen LogP contribution is -2.52. The first-order chi connectivity index (χ1) is 38.4. The van der Waals surface area contributed by atoms with Crippen molar-refractivity contribution in [2.75, 3.05) is 38.3 Å². The van der Waals surface area contributed by atoms with Crippen molar-refractivity contribution >= 4 is 46.6 Å². The maximum Gasteiger partial charge on any atom is 0.306 e. The van der Waals surface area contributed by atoms with Crippen molar-refractivity contribution in [3.05, 3.63) is 18.6 Å². The van der Waals surface area contributed by atoms with Crippen LogP contribution >= 0.6 is 0 Å². The predicted molar refractivity (Wildman–Crippen MR) is 319 cm³/mol. The Bertz CT molecular complexity index is 1970. The molecule has 14 heteroatoms. The fourth-order valence-electron chi connectivity index (χ4n) is 11.2. The van der Waals surface area contributed by atoms with E-state index in [1.165, 1.54) is 135 Å². The van der Waals surface area contributed by atoms with E-state index in [1.807, 2.05) is 26.1 Å². The highest BCUT2D eigenvalue weighted by atomic mass is 16.6. The summed E-state index contributed by atoms with van der Waals surface area (Å²) in [6.45, 7) is 11.6. The highest BCUT2D eigenvalue weighted by molar-refractivity contribution is 5.96. The SMILES string of the molecule is CCCCCCCCCCCCCCCC(=O)OCC(COC(=O)CCCCCCCCCCCCCCC)OC(=O)CC(C)CCCCCCCC(C)C(=O)n1ccc2c(N(C)[C@H]3CN(C(=O)CC#N)CC[C@H]3C)ncnc21. The number of hydrogen-bond donors (Lipinski definition) is 0. The molecular weight excluding hydrogens is 993 g/mol. The molecule has 79 heavy (non-hydrogen) atoms. The van der Waals surface area contributed by atoms with Crippen molar-refractivity contribution in [2.45, 2.75) is 291 Å². The number of anilines is 1. The Morgan fingerprint density at radius 1 is 0.658 bits per heavy atom. The van der Waals surface area contributed by atoms with Crippen molar-refractivity contribution < 1.29 is 38.2 Å². The van der Waals surface area contributed by atoms with E-state index in [1.54, 1.807) is 15.7 Å². The molecule has 1 aliphatic rings. The molecule has 0 N–H and O–H groups in total. The largest absolute Gasteiger partial charge is 0.462 e. The Balaban J connectivity index is 1.36. The summed E-state index contributed by atoms with van der Waals surface area (Å²) in [5, 5.41) is 9.86. The fraction of sp³-hybridized carbons (Fsp3) is 0.815. The van der Waals surface area contributed by atoms with Gasteiger partial charge in [-0.25, -0.2) is 9.97 Å². The molecule has 1 saturated heterocycles. The molecule has 1 aliphatic heterocycles. The number of likely N-dealkylation sites (tertiary alicyclic amines) is 1. The van der Waals surface area contributed by atoms with Crippen LogP contribution in [0.1, 0.15) is 283 Å². The molecule has 0 spiro atoms. The molecule has 0 saturated carbocycles. The van der Waals surface area contributed by atoms with E-state index in [2.05, 4.69) is 42.6 Å². The summed E-state index contributed by atoms with van der Waals surface area (Å²) in [7, 11) is 1.97. The second-order valence-corrected chi connectivity index (χ2v) is 23.6. The number of esters is 3. The fourth-order valence-corrected chi connectivity index (χ4v) is 11.2. The van der Waals surface area contributed by atoms with Gasteiger partial charge in [0.1, 0.15) is 31.8 Å². The molecule has 2 unspecified atom stereocenters. The van der Waals surface area contributed by atoms with Gasteiger partial charge in [-0.3, -0.25) is 28.5 Å². The predicted octanol–water partition coefficient (Wildman–Crippen LogP) is 16.0. The lowest BCUT2D eigenvalue weighted by Gasteiger charge is -2.42. The highest BCUT2D eigenvalue weighted by Gasteiger charge is 2.33. The van der Waals surface area contributed by atoms with E-state index in [9.17, 15) is 24.0 Å². The van der Waals surface area contributed by atoms with Gasteiger partial charge in [0.05, 0.1) is 17.5 Å². The molecule has 0 radical (unpaired) electrons. The van der Waals surface area contributed by atoms with E-state index < -0.39 is 6.10 Å². The molecule has 448 valence electrons. The normalized spacial score (nSPS) is 15.2. The second-order valence-electron chi connectivity index (χ2n) is 23.6. The molecule has 3 rings (SSSR count). The van der Waals surface area contributed by atoms with Crippen LogP contribution in [0.2, 0.25) is 0 Å². The Labute approximate surface area is 479 Å². The van der Waals surface area contributed by atoms with E-state index in [-0.39, 0.29) is 73.7 Å². The molecule has 14 nitrogen and oxygen atoms in total. The Morgan fingerprint density at radius 2 is 1.13 bits per heavy atom. The van der Waals surface area contributed by atoms with E-state index in [0.29, 0.717) is 43.3 Å². The number of piperidine rings is 1. The van der Waals surface area contributed by atoms with Gasteiger partial charge in [0, 0.05) is 51.5 Å². The number of rotatable bonds is 47. The van der Waals surface area contributed by atoms with Gasteiger partial charge in [0.15, 0.2) is 11.8 Å². The molecule has 1 amide bonds. The zero-order chi connectivity index (χ0) is 57.3. The minimum atomic E-state index is -0.846. The maximum absolute atomic E-state index is 13.7. The summed E-state index contributed by atoms with van der Waals surface area (Å²) in [6.07, 6.45) is 42.6. The third-order valence-electron chi connectivity index (χ3n) is 16.4. The lowest BCUT2D eigenvalue weighted by atomic mass is 9.92. The van der Waals surface area contributed by atoms with Gasteiger partial charge in [-0.15, -0.1) is 0 Å².